The van der Waals surface area contributed by atoms with Gasteiger partial charge in [-0.05, 0) is 25.1 Å². The highest BCUT2D eigenvalue weighted by molar-refractivity contribution is 7.97. The van der Waals surface area contributed by atoms with Crippen molar-refractivity contribution in [2.24, 2.45) is 0 Å². The number of hydroxylamine groups is 2. The first-order chi connectivity index (χ1) is 7.09. The Kier molecular flexibility index (Phi) is 2.67. The van der Waals surface area contributed by atoms with Crippen LogP contribution < -0.4 is 0 Å². The average Bonchev–Trinajstić information content (AvgIpc) is 2.17. The van der Waals surface area contributed by atoms with E-state index in [9.17, 15) is 10.4 Å². The second-order valence-corrected chi connectivity index (χ2v) is 4.63. The van der Waals surface area contributed by atoms with Gasteiger partial charge >= 0.3 is 0 Å². The number of allylic oxidation sites excluding steroid dienone is 3. The SMILES string of the molecule is CC1=CC=C(c2ccccc2)[N+]([O-])(O)S1. The molecule has 1 heterocycles. The third-order valence-corrected chi connectivity index (χ3v) is 2.99. The molecule has 15 heavy (non-hydrogen) atoms. The van der Waals surface area contributed by atoms with Gasteiger partial charge in [0.05, 0.1) is 0 Å². The van der Waals surface area contributed by atoms with Crippen LogP contribution in [0.4, 0.5) is 0 Å². The van der Waals surface area contributed by atoms with E-state index >= 15 is 0 Å². The van der Waals surface area contributed by atoms with E-state index in [4.69, 9.17) is 0 Å². The predicted molar refractivity (Wildman–Crippen MR) is 61.2 cm³/mol. The first kappa shape index (κ1) is 10.4. The van der Waals surface area contributed by atoms with Crippen molar-refractivity contribution >= 4 is 17.6 Å². The lowest BCUT2D eigenvalue weighted by atomic mass is 10.1. The Bertz CT molecular complexity index is 423. The normalized spacial score (nSPS) is 25.8. The van der Waals surface area contributed by atoms with Gasteiger partial charge in [-0.1, -0.05) is 18.2 Å². The summed E-state index contributed by atoms with van der Waals surface area (Å²) in [5.41, 5.74) is 1.09. The highest BCUT2D eigenvalue weighted by Crippen LogP contribution is 2.39. The number of hydrogen-bond donors (Lipinski definition) is 1. The summed E-state index contributed by atoms with van der Waals surface area (Å²) in [5, 5.41) is 21.5. The lowest BCUT2D eigenvalue weighted by Gasteiger charge is -2.33. The summed E-state index contributed by atoms with van der Waals surface area (Å²) in [4.78, 5) is 0.798. The summed E-state index contributed by atoms with van der Waals surface area (Å²) in [5.74, 6) is 0. The van der Waals surface area contributed by atoms with Crippen LogP contribution in [0.1, 0.15) is 12.5 Å². The van der Waals surface area contributed by atoms with Crippen molar-refractivity contribution in [2.75, 3.05) is 0 Å². The monoisotopic (exact) mass is 221 g/mol. The van der Waals surface area contributed by atoms with Gasteiger partial charge in [-0.15, -0.1) is 4.21 Å². The standard InChI is InChI=1S/C11H11NO2S/c1-9-7-8-11(12(13,14)15-9)10-5-3-2-4-6-10/h2-8,13H,1H3. The molecule has 1 aliphatic rings. The van der Waals surface area contributed by atoms with Crippen LogP contribution in [0.5, 0.6) is 0 Å². The van der Waals surface area contributed by atoms with Crippen molar-refractivity contribution in [1.29, 1.82) is 0 Å². The van der Waals surface area contributed by atoms with E-state index in [1.54, 1.807) is 13.0 Å². The summed E-state index contributed by atoms with van der Waals surface area (Å²) in [6, 6.07) is 9.17. The molecule has 0 aliphatic carbocycles. The molecular formula is C11H11NO2S. The van der Waals surface area contributed by atoms with Crippen LogP contribution in [0.25, 0.3) is 5.70 Å². The van der Waals surface area contributed by atoms with Crippen molar-refractivity contribution in [3.63, 3.8) is 0 Å². The highest BCUT2D eigenvalue weighted by Gasteiger charge is 2.28. The van der Waals surface area contributed by atoms with Gasteiger partial charge in [-0.3, -0.25) is 0 Å². The Hall–Kier alpha value is -1.07. The maximum atomic E-state index is 11.8. The third kappa shape index (κ3) is 2.13. The van der Waals surface area contributed by atoms with Crippen LogP contribution in [0, 0.1) is 5.21 Å². The van der Waals surface area contributed by atoms with Gasteiger partial charge in [0.2, 0.25) is 0 Å². The van der Waals surface area contributed by atoms with Crippen LogP contribution in [-0.2, 0) is 0 Å². The molecule has 1 atom stereocenters. The van der Waals surface area contributed by atoms with Crippen LogP contribution in [-0.4, -0.2) is 9.42 Å². The number of rotatable bonds is 1. The first-order valence-electron chi connectivity index (χ1n) is 4.56. The maximum Gasteiger partial charge on any atom is 0.185 e. The smallest absolute Gasteiger partial charge is 0.185 e. The molecule has 0 radical (unpaired) electrons. The fourth-order valence-electron chi connectivity index (χ4n) is 1.43. The molecule has 0 saturated heterocycles. The zero-order chi connectivity index (χ0) is 10.9. The van der Waals surface area contributed by atoms with Crippen molar-refractivity contribution < 1.29 is 9.42 Å². The average molecular weight is 221 g/mol. The van der Waals surface area contributed by atoms with Crippen LogP contribution >= 0.6 is 11.9 Å². The van der Waals surface area contributed by atoms with Crippen molar-refractivity contribution in [1.82, 2.24) is 0 Å². The highest BCUT2D eigenvalue weighted by atomic mass is 32.2. The minimum atomic E-state index is -1.40. The van der Waals surface area contributed by atoms with Crippen molar-refractivity contribution in [3.8, 4) is 0 Å². The van der Waals surface area contributed by atoms with E-state index in [0.717, 1.165) is 22.4 Å². The molecule has 1 aliphatic heterocycles. The molecule has 3 nitrogen and oxygen atoms in total. The molecule has 1 aromatic carbocycles. The molecule has 78 valence electrons. The Morgan fingerprint density at radius 2 is 1.87 bits per heavy atom. The molecule has 1 unspecified atom stereocenters. The maximum absolute atomic E-state index is 11.8. The van der Waals surface area contributed by atoms with Gasteiger partial charge in [0, 0.05) is 16.5 Å². The van der Waals surface area contributed by atoms with E-state index in [1.165, 1.54) is 0 Å². The molecule has 2 rings (SSSR count). The number of hydrogen-bond acceptors (Lipinski definition) is 3. The molecule has 0 aromatic heterocycles. The summed E-state index contributed by atoms with van der Waals surface area (Å²) >= 11 is 0.877. The van der Waals surface area contributed by atoms with E-state index in [2.05, 4.69) is 0 Å². The third-order valence-electron chi connectivity index (χ3n) is 2.12. The lowest BCUT2D eigenvalue weighted by Crippen LogP contribution is -2.29. The van der Waals surface area contributed by atoms with Crippen molar-refractivity contribution in [3.05, 3.63) is 58.2 Å². The molecule has 0 fully saturated rings. The zero-order valence-corrected chi connectivity index (χ0v) is 9.07. The molecule has 1 N–H and O–H groups in total. The van der Waals surface area contributed by atoms with Gasteiger partial charge in [-0.2, -0.15) is 5.21 Å². The second kappa shape index (κ2) is 3.83. The fourth-order valence-corrected chi connectivity index (χ4v) is 2.22. The second-order valence-electron chi connectivity index (χ2n) is 3.31. The molecule has 4 heteroatoms. The van der Waals surface area contributed by atoms with Gasteiger partial charge < -0.3 is 5.21 Å². The van der Waals surface area contributed by atoms with E-state index in [-0.39, 0.29) is 0 Å². The Morgan fingerprint density at radius 3 is 2.47 bits per heavy atom. The van der Waals surface area contributed by atoms with Crippen LogP contribution in [0.15, 0.2) is 47.4 Å². The number of benzene rings is 1. The molecule has 0 spiro atoms. The van der Waals surface area contributed by atoms with Gasteiger partial charge in [0.15, 0.2) is 5.70 Å². The lowest BCUT2D eigenvalue weighted by molar-refractivity contribution is -0.887. The minimum absolute atomic E-state index is 0.353. The van der Waals surface area contributed by atoms with Crippen molar-refractivity contribution in [2.45, 2.75) is 6.92 Å². The minimum Gasteiger partial charge on any atom is -0.581 e. The molecule has 1 aromatic rings. The predicted octanol–water partition coefficient (Wildman–Crippen LogP) is 3.30. The topological polar surface area (TPSA) is 43.3 Å². The van der Waals surface area contributed by atoms with Gasteiger partial charge in [-0.25, -0.2) is 0 Å². The Labute approximate surface area is 92.6 Å². The summed E-state index contributed by atoms with van der Waals surface area (Å²) in [6.45, 7) is 1.80. The number of nitrogens with zero attached hydrogens (tertiary/aromatic N) is 1. The molecule has 0 saturated carbocycles. The Balaban J connectivity index is 2.45. The summed E-state index contributed by atoms with van der Waals surface area (Å²) in [7, 11) is 0. The molecule has 0 amide bonds. The van der Waals surface area contributed by atoms with Gasteiger partial charge in [0.25, 0.3) is 0 Å². The van der Waals surface area contributed by atoms with E-state index in [0.29, 0.717) is 5.70 Å². The Morgan fingerprint density at radius 1 is 1.20 bits per heavy atom. The molecular weight excluding hydrogens is 210 g/mol. The summed E-state index contributed by atoms with van der Waals surface area (Å²) < 4.78 is -1.40. The fraction of sp³-hybridized carbons (Fsp3) is 0.0909. The number of quaternary nitrogens is 1. The quantitative estimate of drug-likeness (QED) is 0.449. The summed E-state index contributed by atoms with van der Waals surface area (Å²) in [6.07, 6.45) is 3.49. The molecule has 0 bridgehead atoms. The first-order valence-corrected chi connectivity index (χ1v) is 5.34. The van der Waals surface area contributed by atoms with Gasteiger partial charge in [0.1, 0.15) is 11.9 Å². The largest absolute Gasteiger partial charge is 0.581 e. The zero-order valence-electron chi connectivity index (χ0n) is 8.25. The van der Waals surface area contributed by atoms with E-state index < -0.39 is 4.21 Å². The van der Waals surface area contributed by atoms with Crippen LogP contribution in [0.2, 0.25) is 0 Å². The van der Waals surface area contributed by atoms with Crippen LogP contribution in [0.3, 0.4) is 0 Å². The van der Waals surface area contributed by atoms with E-state index in [1.807, 2.05) is 36.4 Å².